The predicted molar refractivity (Wildman–Crippen MR) is 61.7 cm³/mol. The second-order valence-electron chi connectivity index (χ2n) is 3.44. The highest BCUT2D eigenvalue weighted by Gasteiger charge is 1.91. The van der Waals surface area contributed by atoms with Gasteiger partial charge in [0.1, 0.15) is 0 Å². The first kappa shape index (κ1) is 12.1. The quantitative estimate of drug-likeness (QED) is 0.663. The summed E-state index contributed by atoms with van der Waals surface area (Å²) in [5.74, 6) is 0. The first-order chi connectivity index (χ1) is 7.43. The van der Waals surface area contributed by atoms with E-state index in [0.29, 0.717) is 0 Å². The summed E-state index contributed by atoms with van der Waals surface area (Å²) < 4.78 is 5.26. The van der Waals surface area contributed by atoms with Gasteiger partial charge < -0.3 is 10.1 Å². The summed E-state index contributed by atoms with van der Waals surface area (Å²) >= 11 is 0. The molecule has 1 N–H and O–H groups in total. The lowest BCUT2D eigenvalue weighted by molar-refractivity contribution is 0.143. The SMILES string of the molecule is CCOCCCCNCc1ccncc1. The van der Waals surface area contributed by atoms with Gasteiger partial charge in [0.25, 0.3) is 0 Å². The molecular weight excluding hydrogens is 188 g/mol. The first-order valence-corrected chi connectivity index (χ1v) is 5.61. The van der Waals surface area contributed by atoms with E-state index in [1.165, 1.54) is 12.0 Å². The molecule has 3 nitrogen and oxygen atoms in total. The van der Waals surface area contributed by atoms with Crippen molar-refractivity contribution in [3.8, 4) is 0 Å². The van der Waals surface area contributed by atoms with Crippen molar-refractivity contribution in [3.63, 3.8) is 0 Å². The highest BCUT2D eigenvalue weighted by atomic mass is 16.5. The van der Waals surface area contributed by atoms with Crippen LogP contribution >= 0.6 is 0 Å². The number of rotatable bonds is 8. The van der Waals surface area contributed by atoms with E-state index in [4.69, 9.17) is 4.74 Å². The predicted octanol–water partition coefficient (Wildman–Crippen LogP) is 1.99. The van der Waals surface area contributed by atoms with E-state index in [0.717, 1.165) is 32.7 Å². The Morgan fingerprint density at radius 3 is 2.80 bits per heavy atom. The minimum Gasteiger partial charge on any atom is -0.382 e. The van der Waals surface area contributed by atoms with E-state index >= 15 is 0 Å². The molecule has 1 rings (SSSR count). The third-order valence-electron chi connectivity index (χ3n) is 2.17. The molecule has 1 aromatic rings. The zero-order valence-corrected chi connectivity index (χ0v) is 9.41. The van der Waals surface area contributed by atoms with E-state index in [-0.39, 0.29) is 0 Å². The lowest BCUT2D eigenvalue weighted by Crippen LogP contribution is -2.15. The Bertz CT molecular complexity index is 239. The van der Waals surface area contributed by atoms with E-state index in [9.17, 15) is 0 Å². The van der Waals surface area contributed by atoms with Crippen LogP contribution in [0, 0.1) is 0 Å². The van der Waals surface area contributed by atoms with Crippen LogP contribution in [0.4, 0.5) is 0 Å². The summed E-state index contributed by atoms with van der Waals surface area (Å²) in [7, 11) is 0. The fourth-order valence-corrected chi connectivity index (χ4v) is 1.33. The molecular formula is C12H20N2O. The highest BCUT2D eigenvalue weighted by molar-refractivity contribution is 5.08. The van der Waals surface area contributed by atoms with Crippen LogP contribution in [0.5, 0.6) is 0 Å². The van der Waals surface area contributed by atoms with Crippen LogP contribution in [0.3, 0.4) is 0 Å². The summed E-state index contributed by atoms with van der Waals surface area (Å²) in [6.45, 7) is 5.71. The molecule has 0 aliphatic carbocycles. The average Bonchev–Trinajstić information content (AvgIpc) is 2.29. The van der Waals surface area contributed by atoms with Gasteiger partial charge in [0.15, 0.2) is 0 Å². The first-order valence-electron chi connectivity index (χ1n) is 5.61. The fraction of sp³-hybridized carbons (Fsp3) is 0.583. The molecule has 0 unspecified atom stereocenters. The molecule has 0 fully saturated rings. The molecule has 0 aliphatic heterocycles. The lowest BCUT2D eigenvalue weighted by atomic mass is 10.2. The number of pyridine rings is 1. The van der Waals surface area contributed by atoms with Gasteiger partial charge in [-0.2, -0.15) is 0 Å². The van der Waals surface area contributed by atoms with E-state index in [2.05, 4.69) is 10.3 Å². The van der Waals surface area contributed by atoms with Gasteiger partial charge in [0.2, 0.25) is 0 Å². The maximum Gasteiger partial charge on any atom is 0.0466 e. The van der Waals surface area contributed by atoms with Crippen molar-refractivity contribution in [1.29, 1.82) is 0 Å². The molecule has 1 heterocycles. The van der Waals surface area contributed by atoms with Crippen LogP contribution in [0.1, 0.15) is 25.3 Å². The van der Waals surface area contributed by atoms with Crippen molar-refractivity contribution in [2.24, 2.45) is 0 Å². The number of unbranched alkanes of at least 4 members (excludes halogenated alkanes) is 1. The summed E-state index contributed by atoms with van der Waals surface area (Å²) in [5.41, 5.74) is 1.29. The van der Waals surface area contributed by atoms with Crippen molar-refractivity contribution in [1.82, 2.24) is 10.3 Å². The van der Waals surface area contributed by atoms with Crippen LogP contribution in [-0.4, -0.2) is 24.7 Å². The van der Waals surface area contributed by atoms with Gasteiger partial charge in [0, 0.05) is 32.2 Å². The topological polar surface area (TPSA) is 34.1 Å². The number of hydrogen-bond donors (Lipinski definition) is 1. The normalized spacial score (nSPS) is 10.5. The zero-order valence-electron chi connectivity index (χ0n) is 9.41. The standard InChI is InChI=1S/C12H20N2O/c1-2-15-10-4-3-7-14-11-12-5-8-13-9-6-12/h5-6,8-9,14H,2-4,7,10-11H2,1H3. The average molecular weight is 208 g/mol. The third kappa shape index (κ3) is 6.20. The molecule has 0 atom stereocenters. The van der Waals surface area contributed by atoms with Crippen molar-refractivity contribution in [2.75, 3.05) is 19.8 Å². The van der Waals surface area contributed by atoms with E-state index < -0.39 is 0 Å². The number of aromatic nitrogens is 1. The van der Waals surface area contributed by atoms with Crippen LogP contribution in [-0.2, 0) is 11.3 Å². The molecule has 0 saturated carbocycles. The van der Waals surface area contributed by atoms with Gasteiger partial charge in [-0.05, 0) is 44.0 Å². The highest BCUT2D eigenvalue weighted by Crippen LogP contribution is 1.95. The Hall–Kier alpha value is -0.930. The van der Waals surface area contributed by atoms with Gasteiger partial charge in [-0.3, -0.25) is 4.98 Å². The number of hydrogen-bond acceptors (Lipinski definition) is 3. The molecule has 0 amide bonds. The van der Waals surface area contributed by atoms with Gasteiger partial charge in [-0.15, -0.1) is 0 Å². The summed E-state index contributed by atoms with van der Waals surface area (Å²) in [6.07, 6.45) is 5.96. The molecule has 1 aromatic heterocycles. The van der Waals surface area contributed by atoms with Crippen LogP contribution in [0.2, 0.25) is 0 Å². The Morgan fingerprint density at radius 1 is 1.27 bits per heavy atom. The van der Waals surface area contributed by atoms with Gasteiger partial charge in [-0.1, -0.05) is 0 Å². The number of nitrogens with zero attached hydrogens (tertiary/aromatic N) is 1. The Labute approximate surface area is 91.9 Å². The molecule has 0 saturated heterocycles. The molecule has 0 aromatic carbocycles. The Kier molecular flexibility index (Phi) is 6.79. The van der Waals surface area contributed by atoms with Crippen LogP contribution in [0.25, 0.3) is 0 Å². The maximum atomic E-state index is 5.26. The third-order valence-corrected chi connectivity index (χ3v) is 2.17. The van der Waals surface area contributed by atoms with Crippen LogP contribution in [0.15, 0.2) is 24.5 Å². The maximum absolute atomic E-state index is 5.26. The molecule has 3 heteroatoms. The largest absolute Gasteiger partial charge is 0.382 e. The van der Waals surface area contributed by atoms with Gasteiger partial charge >= 0.3 is 0 Å². The summed E-state index contributed by atoms with van der Waals surface area (Å²) in [4.78, 5) is 3.98. The monoisotopic (exact) mass is 208 g/mol. The smallest absolute Gasteiger partial charge is 0.0466 e. The van der Waals surface area contributed by atoms with Crippen molar-refractivity contribution >= 4 is 0 Å². The molecule has 0 aliphatic rings. The van der Waals surface area contributed by atoms with E-state index in [1.54, 1.807) is 0 Å². The van der Waals surface area contributed by atoms with E-state index in [1.807, 2.05) is 31.5 Å². The van der Waals surface area contributed by atoms with Crippen LogP contribution < -0.4 is 5.32 Å². The molecule has 0 radical (unpaired) electrons. The summed E-state index contributed by atoms with van der Waals surface area (Å²) in [6, 6.07) is 4.07. The van der Waals surface area contributed by atoms with Crippen molar-refractivity contribution in [2.45, 2.75) is 26.3 Å². The Balaban J connectivity index is 1.93. The minimum absolute atomic E-state index is 0.824. The second-order valence-corrected chi connectivity index (χ2v) is 3.44. The van der Waals surface area contributed by atoms with Gasteiger partial charge in [0.05, 0.1) is 0 Å². The molecule has 0 bridgehead atoms. The number of ether oxygens (including phenoxy) is 1. The van der Waals surface area contributed by atoms with Gasteiger partial charge in [-0.25, -0.2) is 0 Å². The van der Waals surface area contributed by atoms with Crippen molar-refractivity contribution in [3.05, 3.63) is 30.1 Å². The Morgan fingerprint density at radius 2 is 2.07 bits per heavy atom. The molecule has 0 spiro atoms. The molecule has 84 valence electrons. The molecule has 15 heavy (non-hydrogen) atoms. The zero-order chi connectivity index (χ0) is 10.8. The minimum atomic E-state index is 0.824. The fourth-order valence-electron chi connectivity index (χ4n) is 1.33. The number of nitrogens with one attached hydrogen (secondary N) is 1. The van der Waals surface area contributed by atoms with Crippen molar-refractivity contribution < 1.29 is 4.74 Å². The summed E-state index contributed by atoms with van der Waals surface area (Å²) in [5, 5.41) is 3.40. The second kappa shape index (κ2) is 8.38. The lowest BCUT2D eigenvalue weighted by Gasteiger charge is -2.04.